The Balaban J connectivity index is 1.45. The van der Waals surface area contributed by atoms with Gasteiger partial charge in [-0.15, -0.1) is 0 Å². The molecule has 2 N–H and O–H groups in total. The molecule has 11 nitrogen and oxygen atoms in total. The number of methoxy groups -OCH3 is 5. The number of likely N-dealkylation sites (tertiary alicyclic amines) is 1. The van der Waals surface area contributed by atoms with E-state index in [4.69, 9.17) is 33.2 Å². The minimum Gasteiger partial charge on any atom is -0.497 e. The molecule has 14 atom stereocenters. The lowest BCUT2D eigenvalue weighted by molar-refractivity contribution is -0.304. The van der Waals surface area contributed by atoms with Crippen LogP contribution in [0.25, 0.3) is 0 Å². The van der Waals surface area contributed by atoms with Crippen molar-refractivity contribution in [3.05, 3.63) is 29.8 Å². The summed E-state index contributed by atoms with van der Waals surface area (Å²) in [6, 6.07) is 6.79. The van der Waals surface area contributed by atoms with Crippen LogP contribution in [0.5, 0.6) is 5.75 Å². The Morgan fingerprint density at radius 2 is 1.70 bits per heavy atom. The third kappa shape index (κ3) is 3.80. The van der Waals surface area contributed by atoms with Crippen LogP contribution in [0.2, 0.25) is 0 Å². The van der Waals surface area contributed by atoms with Gasteiger partial charge in [-0.3, -0.25) is 4.90 Å². The standard InChI is InChI=1S/C35H51NO10/c1-8-36-17-32(18-40-3)22(37)14-23(42-5)35-21-15-33(39)24(43-6)16-34(45-9-2,26(29(35)36)27(44-7)28(32)35)25(21)30(33)46-31(38)19-10-12-20(41-4)13-11-19/h10-13,21-30,37,39H,8-9,14-18H2,1-7H3/t21-,22-,23+,24+,25-,26-,27+,28-,29-,30-,32+,33+,34-,35+/m1/s1. The predicted molar refractivity (Wildman–Crippen MR) is 165 cm³/mol. The zero-order chi connectivity index (χ0) is 32.8. The number of ether oxygens (including phenoxy) is 7. The van der Waals surface area contributed by atoms with E-state index in [1.54, 1.807) is 59.8 Å². The van der Waals surface area contributed by atoms with Crippen molar-refractivity contribution in [2.45, 2.75) is 80.9 Å². The number of carbonyl (C=O) groups is 1. The number of fused-ring (bicyclic) bond motifs is 2. The summed E-state index contributed by atoms with van der Waals surface area (Å²) < 4.78 is 44.0. The van der Waals surface area contributed by atoms with Crippen LogP contribution in [0.4, 0.5) is 0 Å². The van der Waals surface area contributed by atoms with Gasteiger partial charge in [0.25, 0.3) is 0 Å². The number of hydrogen-bond acceptors (Lipinski definition) is 11. The van der Waals surface area contributed by atoms with E-state index in [9.17, 15) is 15.0 Å². The monoisotopic (exact) mass is 645 g/mol. The molecule has 7 rings (SSSR count). The van der Waals surface area contributed by atoms with Gasteiger partial charge in [0.1, 0.15) is 17.5 Å². The molecule has 1 aromatic rings. The van der Waals surface area contributed by atoms with Crippen molar-refractivity contribution < 1.29 is 48.2 Å². The molecule has 0 amide bonds. The Hall–Kier alpha value is -1.83. The molecule has 1 spiro atoms. The zero-order valence-electron chi connectivity index (χ0n) is 28.1. The first-order valence-corrected chi connectivity index (χ1v) is 16.8. The van der Waals surface area contributed by atoms with Crippen molar-refractivity contribution in [1.82, 2.24) is 4.90 Å². The molecule has 5 saturated carbocycles. The number of aliphatic hydroxyl groups is 2. The molecule has 7 bridgehead atoms. The second-order valence-electron chi connectivity index (χ2n) is 14.6. The van der Waals surface area contributed by atoms with Crippen molar-refractivity contribution in [2.24, 2.45) is 34.5 Å². The third-order valence-electron chi connectivity index (χ3n) is 13.5. The highest BCUT2D eigenvalue weighted by Gasteiger charge is 2.90. The first kappa shape index (κ1) is 32.7. The highest BCUT2D eigenvalue weighted by Crippen LogP contribution is 2.80. The largest absolute Gasteiger partial charge is 0.497 e. The van der Waals surface area contributed by atoms with Crippen LogP contribution in [0, 0.1) is 34.5 Å². The predicted octanol–water partition coefficient (Wildman–Crippen LogP) is 2.16. The second kappa shape index (κ2) is 11.4. The van der Waals surface area contributed by atoms with E-state index in [-0.39, 0.29) is 41.9 Å². The highest BCUT2D eigenvalue weighted by atomic mass is 16.6. The van der Waals surface area contributed by atoms with Gasteiger partial charge in [0.05, 0.1) is 49.3 Å². The van der Waals surface area contributed by atoms with Gasteiger partial charge in [-0.05, 0) is 50.1 Å². The van der Waals surface area contributed by atoms with E-state index in [0.717, 1.165) is 6.54 Å². The molecule has 1 heterocycles. The molecule has 0 radical (unpaired) electrons. The smallest absolute Gasteiger partial charge is 0.338 e. The number of nitrogens with zero attached hydrogens (tertiary/aromatic N) is 1. The summed E-state index contributed by atoms with van der Waals surface area (Å²) >= 11 is 0. The van der Waals surface area contributed by atoms with Gasteiger partial charge in [-0.1, -0.05) is 6.92 Å². The maximum atomic E-state index is 13.9. The van der Waals surface area contributed by atoms with Gasteiger partial charge in [-0.2, -0.15) is 0 Å². The summed E-state index contributed by atoms with van der Waals surface area (Å²) in [5.41, 5.74) is -3.11. The lowest BCUT2D eigenvalue weighted by Crippen LogP contribution is -2.79. The molecular weight excluding hydrogens is 594 g/mol. The summed E-state index contributed by atoms with van der Waals surface area (Å²) in [7, 11) is 8.39. The highest BCUT2D eigenvalue weighted by molar-refractivity contribution is 5.89. The van der Waals surface area contributed by atoms with Crippen molar-refractivity contribution in [1.29, 1.82) is 0 Å². The Morgan fingerprint density at radius 3 is 2.28 bits per heavy atom. The van der Waals surface area contributed by atoms with Crippen molar-refractivity contribution >= 4 is 5.97 Å². The van der Waals surface area contributed by atoms with E-state index in [0.29, 0.717) is 50.3 Å². The normalized spacial score (nSPS) is 48.4. The molecule has 1 aromatic carbocycles. The number of carbonyl (C=O) groups excluding carboxylic acids is 1. The van der Waals surface area contributed by atoms with Crippen LogP contribution in [-0.2, 0) is 28.4 Å². The summed E-state index contributed by atoms with van der Waals surface area (Å²) in [6.07, 6.45) is -1.63. The third-order valence-corrected chi connectivity index (χ3v) is 13.5. The number of benzene rings is 1. The summed E-state index contributed by atoms with van der Waals surface area (Å²) in [5, 5.41) is 24.9. The van der Waals surface area contributed by atoms with Crippen LogP contribution < -0.4 is 4.74 Å². The average molecular weight is 646 g/mol. The number of esters is 1. The van der Waals surface area contributed by atoms with Crippen LogP contribution in [0.1, 0.15) is 43.5 Å². The quantitative estimate of drug-likeness (QED) is 0.344. The number of hydrogen-bond donors (Lipinski definition) is 2. The van der Waals surface area contributed by atoms with Crippen LogP contribution >= 0.6 is 0 Å². The first-order chi connectivity index (χ1) is 22.1. The van der Waals surface area contributed by atoms with Gasteiger partial charge in [0.2, 0.25) is 0 Å². The molecule has 0 unspecified atom stereocenters. The van der Waals surface area contributed by atoms with Crippen LogP contribution in [-0.4, -0.2) is 131 Å². The Kier molecular flexibility index (Phi) is 8.08. The second-order valence-corrected chi connectivity index (χ2v) is 14.6. The Morgan fingerprint density at radius 1 is 0.978 bits per heavy atom. The Labute approximate surface area is 271 Å². The molecular formula is C35H51NO10. The Bertz CT molecular complexity index is 1310. The summed E-state index contributed by atoms with van der Waals surface area (Å²) in [5.74, 6) is -0.750. The molecule has 6 fully saturated rings. The number of piperidine rings is 1. The average Bonchev–Trinajstić information content (AvgIpc) is 3.43. The van der Waals surface area contributed by atoms with Gasteiger partial charge < -0.3 is 43.4 Å². The maximum absolute atomic E-state index is 13.9. The molecule has 0 aromatic heterocycles. The van der Waals surface area contributed by atoms with E-state index >= 15 is 0 Å². The molecule has 6 aliphatic rings. The lowest BCUT2D eigenvalue weighted by Gasteiger charge is -2.70. The molecule has 11 heteroatoms. The summed E-state index contributed by atoms with van der Waals surface area (Å²) in [4.78, 5) is 16.4. The van der Waals surface area contributed by atoms with E-state index in [1.807, 2.05) is 6.92 Å². The molecule has 46 heavy (non-hydrogen) atoms. The van der Waals surface area contributed by atoms with E-state index in [1.165, 1.54) is 0 Å². The molecule has 1 saturated heterocycles. The van der Waals surface area contributed by atoms with Gasteiger partial charge in [-0.25, -0.2) is 4.79 Å². The minimum atomic E-state index is -1.46. The van der Waals surface area contributed by atoms with E-state index in [2.05, 4.69) is 11.8 Å². The fourth-order valence-corrected chi connectivity index (χ4v) is 12.5. The van der Waals surface area contributed by atoms with E-state index < -0.39 is 46.3 Å². The number of rotatable bonds is 11. The lowest BCUT2D eigenvalue weighted by atomic mass is 9.42. The van der Waals surface area contributed by atoms with Gasteiger partial charge in [0.15, 0.2) is 0 Å². The van der Waals surface area contributed by atoms with Crippen molar-refractivity contribution in [3.8, 4) is 5.75 Å². The first-order valence-electron chi connectivity index (χ1n) is 16.8. The SMILES string of the molecule is CCO[C@]12C[C@H](OC)[C@@]3(O)C[C@H]([C@@H]1[C@H]3OC(=O)c1ccc(OC)cc1)[C@@]13[C@@H](OC)C[C@@H](O)[C@@]4(COC)CN(CC)[C@@H]1[C@H]2[C@H](OC)[C@H]43. The fraction of sp³-hybridized carbons (Fsp3) is 0.800. The number of aliphatic hydroxyl groups excluding tert-OH is 1. The molecule has 1 aliphatic heterocycles. The fourth-order valence-electron chi connectivity index (χ4n) is 12.5. The summed E-state index contributed by atoms with van der Waals surface area (Å²) in [6.45, 7) is 6.38. The topological polar surface area (TPSA) is 125 Å². The van der Waals surface area contributed by atoms with Crippen molar-refractivity contribution in [2.75, 3.05) is 61.9 Å². The minimum absolute atomic E-state index is 0.0152. The maximum Gasteiger partial charge on any atom is 0.338 e. The zero-order valence-corrected chi connectivity index (χ0v) is 28.1. The van der Waals surface area contributed by atoms with Crippen molar-refractivity contribution in [3.63, 3.8) is 0 Å². The van der Waals surface area contributed by atoms with Gasteiger partial charge >= 0.3 is 5.97 Å². The van der Waals surface area contributed by atoms with Crippen LogP contribution in [0.3, 0.4) is 0 Å². The molecule has 5 aliphatic carbocycles. The van der Waals surface area contributed by atoms with Gasteiger partial charge in [0, 0.05) is 89.1 Å². The van der Waals surface area contributed by atoms with Crippen LogP contribution in [0.15, 0.2) is 24.3 Å². The molecule has 256 valence electrons.